The molecule has 1 aromatic heterocycles. The quantitative estimate of drug-likeness (QED) is 0.823. The van der Waals surface area contributed by atoms with Crippen molar-refractivity contribution in [3.8, 4) is 0 Å². The number of anilines is 1. The predicted molar refractivity (Wildman–Crippen MR) is 85.1 cm³/mol. The van der Waals surface area contributed by atoms with E-state index in [0.717, 1.165) is 24.7 Å². The first-order chi connectivity index (χ1) is 9.49. The maximum absolute atomic E-state index is 12.2. The molecule has 0 bridgehead atoms. The molecule has 0 amide bonds. The molecule has 1 aliphatic rings. The summed E-state index contributed by atoms with van der Waals surface area (Å²) in [5, 5.41) is 7.57. The summed E-state index contributed by atoms with van der Waals surface area (Å²) in [6.07, 6.45) is 4.42. The molecule has 20 heavy (non-hydrogen) atoms. The smallest absolute Gasteiger partial charge is 0.283 e. The molecule has 112 valence electrons. The molecule has 1 aliphatic carbocycles. The molecule has 0 aromatic carbocycles. The minimum absolute atomic E-state index is 0.0732. The lowest BCUT2D eigenvalue weighted by Crippen LogP contribution is -2.29. The predicted octanol–water partition coefficient (Wildman–Crippen LogP) is 2.03. The second-order valence-electron chi connectivity index (χ2n) is 5.90. The van der Waals surface area contributed by atoms with Gasteiger partial charge in [0, 0.05) is 13.1 Å². The van der Waals surface area contributed by atoms with Gasteiger partial charge in [0.25, 0.3) is 5.56 Å². The first-order valence-electron chi connectivity index (χ1n) is 7.13. The van der Waals surface area contributed by atoms with Gasteiger partial charge in [0.1, 0.15) is 4.47 Å². The lowest BCUT2D eigenvalue weighted by Gasteiger charge is -2.15. The van der Waals surface area contributed by atoms with Crippen LogP contribution in [0.1, 0.15) is 19.8 Å². The highest BCUT2D eigenvalue weighted by Crippen LogP contribution is 2.36. The van der Waals surface area contributed by atoms with Crippen molar-refractivity contribution >= 4 is 21.6 Å². The van der Waals surface area contributed by atoms with Gasteiger partial charge in [-0.05, 0) is 54.7 Å². The van der Waals surface area contributed by atoms with E-state index in [1.807, 2.05) is 19.0 Å². The van der Waals surface area contributed by atoms with Crippen LogP contribution < -0.4 is 10.9 Å². The first kappa shape index (κ1) is 15.5. The van der Waals surface area contributed by atoms with Crippen LogP contribution in [0.2, 0.25) is 0 Å². The number of nitrogens with one attached hydrogen (secondary N) is 1. The van der Waals surface area contributed by atoms with Crippen LogP contribution >= 0.6 is 15.9 Å². The zero-order valence-corrected chi connectivity index (χ0v) is 14.0. The highest BCUT2D eigenvalue weighted by molar-refractivity contribution is 9.10. The zero-order chi connectivity index (χ0) is 14.7. The van der Waals surface area contributed by atoms with Gasteiger partial charge in [0.2, 0.25) is 0 Å². The third-order valence-electron chi connectivity index (χ3n) is 3.79. The van der Waals surface area contributed by atoms with Crippen LogP contribution in [-0.2, 0) is 6.54 Å². The summed E-state index contributed by atoms with van der Waals surface area (Å²) in [7, 11) is 3.96. The number of hydrogen-bond acceptors (Lipinski definition) is 4. The molecule has 1 unspecified atom stereocenters. The Labute approximate surface area is 128 Å². The van der Waals surface area contributed by atoms with E-state index in [2.05, 4.69) is 33.3 Å². The van der Waals surface area contributed by atoms with E-state index in [0.29, 0.717) is 16.9 Å². The van der Waals surface area contributed by atoms with Gasteiger partial charge in [0.15, 0.2) is 0 Å². The molecular weight excluding hydrogens is 320 g/mol. The summed E-state index contributed by atoms with van der Waals surface area (Å²) in [6.45, 7) is 4.55. The SMILES string of the molecule is CC(CNc1cnn(CCN(C)C)c(=O)c1Br)C1CC1. The van der Waals surface area contributed by atoms with Gasteiger partial charge < -0.3 is 10.2 Å². The molecule has 1 heterocycles. The number of aromatic nitrogens is 2. The van der Waals surface area contributed by atoms with Gasteiger partial charge in [-0.2, -0.15) is 5.10 Å². The van der Waals surface area contributed by atoms with Crippen molar-refractivity contribution in [3.05, 3.63) is 21.0 Å². The van der Waals surface area contributed by atoms with Crippen LogP contribution in [0.15, 0.2) is 15.5 Å². The van der Waals surface area contributed by atoms with Crippen molar-refractivity contribution in [2.75, 3.05) is 32.5 Å². The van der Waals surface area contributed by atoms with E-state index in [4.69, 9.17) is 0 Å². The monoisotopic (exact) mass is 342 g/mol. The molecule has 0 spiro atoms. The van der Waals surface area contributed by atoms with Crippen molar-refractivity contribution in [2.24, 2.45) is 11.8 Å². The fourth-order valence-electron chi connectivity index (χ4n) is 2.15. The van der Waals surface area contributed by atoms with E-state index in [-0.39, 0.29) is 5.56 Å². The Hall–Kier alpha value is -0.880. The molecule has 1 atom stereocenters. The third kappa shape index (κ3) is 4.06. The fourth-order valence-corrected chi connectivity index (χ4v) is 2.59. The van der Waals surface area contributed by atoms with Gasteiger partial charge in [0.05, 0.1) is 18.4 Å². The van der Waals surface area contributed by atoms with Crippen molar-refractivity contribution in [1.82, 2.24) is 14.7 Å². The first-order valence-corrected chi connectivity index (χ1v) is 7.92. The summed E-state index contributed by atoms with van der Waals surface area (Å²) >= 11 is 3.39. The number of rotatable bonds is 7. The molecule has 0 saturated heterocycles. The molecule has 1 N–H and O–H groups in total. The van der Waals surface area contributed by atoms with Crippen molar-refractivity contribution < 1.29 is 0 Å². The highest BCUT2D eigenvalue weighted by Gasteiger charge is 2.27. The second kappa shape index (κ2) is 6.72. The summed E-state index contributed by atoms with van der Waals surface area (Å²) in [5.41, 5.74) is 0.722. The average molecular weight is 343 g/mol. The van der Waals surface area contributed by atoms with Crippen LogP contribution in [0.3, 0.4) is 0 Å². The van der Waals surface area contributed by atoms with Crippen LogP contribution in [0.5, 0.6) is 0 Å². The van der Waals surface area contributed by atoms with Crippen LogP contribution in [0.4, 0.5) is 5.69 Å². The van der Waals surface area contributed by atoms with E-state index in [9.17, 15) is 4.79 Å². The minimum Gasteiger partial charge on any atom is -0.382 e. The van der Waals surface area contributed by atoms with E-state index >= 15 is 0 Å². The Bertz CT molecular complexity index is 510. The standard InChI is InChI=1S/C14H23BrN4O/c1-10(11-4-5-11)8-16-12-9-17-19(7-6-18(2)3)14(20)13(12)15/h9-11,16H,4-8H2,1-3H3. The van der Waals surface area contributed by atoms with Crippen LogP contribution in [0.25, 0.3) is 0 Å². The molecule has 1 saturated carbocycles. The molecule has 5 nitrogen and oxygen atoms in total. The topological polar surface area (TPSA) is 50.2 Å². The lowest BCUT2D eigenvalue weighted by molar-refractivity contribution is 0.367. The van der Waals surface area contributed by atoms with E-state index in [1.165, 1.54) is 17.5 Å². The van der Waals surface area contributed by atoms with Crippen LogP contribution in [0, 0.1) is 11.8 Å². The lowest BCUT2D eigenvalue weighted by atomic mass is 10.1. The highest BCUT2D eigenvalue weighted by atomic mass is 79.9. The number of halogens is 1. The molecule has 1 aromatic rings. The number of nitrogens with zero attached hydrogens (tertiary/aromatic N) is 3. The van der Waals surface area contributed by atoms with Gasteiger partial charge in [-0.15, -0.1) is 0 Å². The Kier molecular flexibility index (Phi) is 5.21. The summed E-state index contributed by atoms with van der Waals surface area (Å²) in [5.74, 6) is 1.51. The second-order valence-corrected chi connectivity index (χ2v) is 6.69. The average Bonchev–Trinajstić information content (AvgIpc) is 3.23. The summed E-state index contributed by atoms with van der Waals surface area (Å²) in [4.78, 5) is 14.2. The van der Waals surface area contributed by atoms with Gasteiger partial charge in [-0.3, -0.25) is 4.79 Å². The maximum Gasteiger partial charge on any atom is 0.283 e. The van der Waals surface area contributed by atoms with Crippen LogP contribution in [-0.4, -0.2) is 41.9 Å². The largest absolute Gasteiger partial charge is 0.382 e. The molecular formula is C14H23BrN4O. The molecule has 2 rings (SSSR count). The normalized spacial score (nSPS) is 16.4. The molecule has 0 aliphatic heterocycles. The zero-order valence-electron chi connectivity index (χ0n) is 12.4. The Balaban J connectivity index is 1.99. The third-order valence-corrected chi connectivity index (χ3v) is 4.55. The Morgan fingerprint density at radius 1 is 1.55 bits per heavy atom. The van der Waals surface area contributed by atoms with Gasteiger partial charge in [-0.25, -0.2) is 4.68 Å². The fraction of sp³-hybridized carbons (Fsp3) is 0.714. The van der Waals surface area contributed by atoms with E-state index < -0.39 is 0 Å². The van der Waals surface area contributed by atoms with Crippen molar-refractivity contribution in [3.63, 3.8) is 0 Å². The number of likely N-dealkylation sites (N-methyl/N-ethyl adjacent to an activating group) is 1. The Morgan fingerprint density at radius 2 is 2.25 bits per heavy atom. The summed E-state index contributed by atoms with van der Waals surface area (Å²) < 4.78 is 2.08. The molecule has 0 radical (unpaired) electrons. The van der Waals surface area contributed by atoms with Crippen molar-refractivity contribution in [2.45, 2.75) is 26.3 Å². The van der Waals surface area contributed by atoms with Crippen molar-refractivity contribution in [1.29, 1.82) is 0 Å². The van der Waals surface area contributed by atoms with Gasteiger partial charge in [-0.1, -0.05) is 6.92 Å². The Morgan fingerprint density at radius 3 is 2.85 bits per heavy atom. The number of hydrogen-bond donors (Lipinski definition) is 1. The molecule has 6 heteroatoms. The maximum atomic E-state index is 12.2. The summed E-state index contributed by atoms with van der Waals surface area (Å²) in [6, 6.07) is 0. The molecule has 1 fully saturated rings. The van der Waals surface area contributed by atoms with Gasteiger partial charge >= 0.3 is 0 Å². The van der Waals surface area contributed by atoms with E-state index in [1.54, 1.807) is 6.20 Å². The minimum atomic E-state index is -0.0732.